The van der Waals surface area contributed by atoms with Gasteiger partial charge in [-0.25, -0.2) is 4.39 Å². The molecule has 4 aromatic carbocycles. The number of aryl methyl sites for hydroxylation is 1. The van der Waals surface area contributed by atoms with Crippen LogP contribution in [0.2, 0.25) is 0 Å². The number of halogens is 1. The third-order valence-electron chi connectivity index (χ3n) is 19.1. The van der Waals surface area contributed by atoms with Gasteiger partial charge in [0.2, 0.25) is 11.8 Å². The average molecular weight is 1150 g/mol. The van der Waals surface area contributed by atoms with Crippen molar-refractivity contribution in [3.8, 4) is 34.1 Å². The molecule has 3 saturated heterocycles. The van der Waals surface area contributed by atoms with E-state index in [1.54, 1.807) is 22.0 Å². The number of pyridine rings is 1. The van der Waals surface area contributed by atoms with E-state index in [4.69, 9.17) is 24.5 Å². The van der Waals surface area contributed by atoms with Gasteiger partial charge in [-0.15, -0.1) is 0 Å². The van der Waals surface area contributed by atoms with E-state index in [0.717, 1.165) is 127 Å². The molecule has 0 spiro atoms. The van der Waals surface area contributed by atoms with E-state index in [2.05, 4.69) is 66.3 Å². The number of fused-ring (bicyclic) bond motifs is 8. The van der Waals surface area contributed by atoms with E-state index in [1.807, 2.05) is 55.9 Å². The number of rotatable bonds is 16. The number of hydrogen-bond acceptors (Lipinski definition) is 13. The minimum atomic E-state index is -0.781. The fourth-order valence-corrected chi connectivity index (χ4v) is 14.7. The smallest absolute Gasteiger partial charge is 0.319 e. The summed E-state index contributed by atoms with van der Waals surface area (Å²) in [6.07, 6.45) is 14.8. The second-order valence-corrected chi connectivity index (χ2v) is 24.8. The van der Waals surface area contributed by atoms with Crippen LogP contribution in [-0.2, 0) is 42.4 Å². The molecule has 2 bridgehead atoms. The van der Waals surface area contributed by atoms with Gasteiger partial charge in [0.05, 0.1) is 17.4 Å². The van der Waals surface area contributed by atoms with Gasteiger partial charge in [-0.05, 0) is 141 Å². The Morgan fingerprint density at radius 1 is 0.894 bits per heavy atom. The maximum absolute atomic E-state index is 16.3. The molecule has 6 aliphatic rings. The van der Waals surface area contributed by atoms with Crippen LogP contribution in [-0.4, -0.2) is 105 Å². The first-order valence-electron chi connectivity index (χ1n) is 30.7. The first kappa shape index (κ1) is 53.5. The molecule has 5 aromatic heterocycles. The summed E-state index contributed by atoms with van der Waals surface area (Å²) in [4.78, 5) is 61.0. The molecule has 2 aliphatic carbocycles. The van der Waals surface area contributed by atoms with Crippen LogP contribution in [0, 0.1) is 18.7 Å². The number of piperazine rings is 1. The molecule has 4 unspecified atom stereocenters. The normalized spacial score (nSPS) is 20.0. The first-order valence-corrected chi connectivity index (χ1v) is 30.7. The van der Waals surface area contributed by atoms with Crippen molar-refractivity contribution in [1.82, 2.24) is 65.6 Å². The molecule has 4 atom stereocenters. The lowest BCUT2D eigenvalue weighted by atomic mass is 9.88. The van der Waals surface area contributed by atoms with Gasteiger partial charge in [0.15, 0.2) is 11.3 Å². The van der Waals surface area contributed by atoms with Crippen LogP contribution in [0.4, 0.5) is 10.2 Å². The number of likely N-dealkylation sites (tertiary alicyclic amines) is 1. The molecule has 438 valence electrons. The second-order valence-electron chi connectivity index (χ2n) is 24.8. The SMILES string of the molecule is CCn1nccc1-c1ccc(CNC(=O)C2CCCN2C(=O)C(C(C)C)n2cc3c(n2)c(=O)[nH]c2cc(COc4c(-c5c(C)c(F)cc6[nH]ncc56)c(C5CC5)cc5c(N6CC7CC6CN7)nc(OC6CCCCC6)nc45)ccc23)c2c1CNC2. The van der Waals surface area contributed by atoms with Crippen molar-refractivity contribution < 1.29 is 23.5 Å². The maximum atomic E-state index is 16.3. The minimum Gasteiger partial charge on any atom is -0.486 e. The molecule has 15 rings (SSSR count). The zero-order valence-electron chi connectivity index (χ0n) is 48.6. The minimum absolute atomic E-state index is 0.00425. The number of benzene rings is 4. The van der Waals surface area contributed by atoms with Crippen molar-refractivity contribution in [1.29, 1.82) is 0 Å². The molecular formula is C65H71FN14O5. The largest absolute Gasteiger partial charge is 0.486 e. The molecular weight excluding hydrogens is 1080 g/mol. The predicted molar refractivity (Wildman–Crippen MR) is 323 cm³/mol. The van der Waals surface area contributed by atoms with Gasteiger partial charge in [-0.3, -0.25) is 28.8 Å². The van der Waals surface area contributed by atoms with E-state index in [1.165, 1.54) is 23.6 Å². The van der Waals surface area contributed by atoms with Crippen molar-refractivity contribution in [2.45, 2.75) is 161 Å². The summed E-state index contributed by atoms with van der Waals surface area (Å²) >= 11 is 0. The Labute approximate surface area is 490 Å². The Balaban J connectivity index is 0.748. The number of aromatic amines is 2. The van der Waals surface area contributed by atoms with Crippen molar-refractivity contribution in [2.24, 2.45) is 5.92 Å². The lowest BCUT2D eigenvalue weighted by Gasteiger charge is -2.31. The third kappa shape index (κ3) is 9.37. The fraction of sp³-hybridized carbons (Fsp3) is 0.446. The summed E-state index contributed by atoms with van der Waals surface area (Å²) < 4.78 is 33.9. The number of nitrogens with one attached hydrogen (secondary N) is 5. The number of amides is 2. The number of anilines is 1. The highest BCUT2D eigenvalue weighted by molar-refractivity contribution is 6.07. The molecule has 2 saturated carbocycles. The molecule has 19 nitrogen and oxygen atoms in total. The molecule has 5 N–H and O–H groups in total. The third-order valence-corrected chi connectivity index (χ3v) is 19.1. The highest BCUT2D eigenvalue weighted by Crippen LogP contribution is 2.54. The van der Waals surface area contributed by atoms with Gasteiger partial charge in [0.25, 0.3) is 5.56 Å². The van der Waals surface area contributed by atoms with Crippen LogP contribution in [0.1, 0.15) is 130 Å². The molecule has 2 amide bonds. The van der Waals surface area contributed by atoms with E-state index < -0.39 is 17.6 Å². The second kappa shape index (κ2) is 21.4. The van der Waals surface area contributed by atoms with Crippen molar-refractivity contribution >= 4 is 61.2 Å². The average Bonchev–Trinajstić information content (AvgIpc) is 2.97. The topological polar surface area (TPSA) is 218 Å². The Hall–Kier alpha value is -8.23. The van der Waals surface area contributed by atoms with Crippen LogP contribution >= 0.6 is 0 Å². The zero-order chi connectivity index (χ0) is 57.8. The summed E-state index contributed by atoms with van der Waals surface area (Å²) in [6, 6.07) is 15.4. The highest BCUT2D eigenvalue weighted by Gasteiger charge is 2.42. The summed E-state index contributed by atoms with van der Waals surface area (Å²) in [6.45, 7) is 12.6. The monoisotopic (exact) mass is 1150 g/mol. The predicted octanol–water partition coefficient (Wildman–Crippen LogP) is 9.52. The van der Waals surface area contributed by atoms with Crippen LogP contribution in [0.15, 0.2) is 71.9 Å². The van der Waals surface area contributed by atoms with E-state index >= 15 is 4.39 Å². The van der Waals surface area contributed by atoms with Crippen LogP contribution in [0.5, 0.6) is 11.8 Å². The molecule has 9 aromatic rings. The summed E-state index contributed by atoms with van der Waals surface area (Å²) in [5, 5.41) is 30.1. The van der Waals surface area contributed by atoms with E-state index in [0.29, 0.717) is 83.3 Å². The van der Waals surface area contributed by atoms with Gasteiger partial charge in [0, 0.05) is 114 Å². The first-order chi connectivity index (χ1) is 41.5. The summed E-state index contributed by atoms with van der Waals surface area (Å²) in [5.41, 5.74) is 11.1. The number of ether oxygens (including phenoxy) is 2. The Morgan fingerprint density at radius 2 is 1.75 bits per heavy atom. The van der Waals surface area contributed by atoms with Crippen LogP contribution < -0.4 is 35.9 Å². The fourth-order valence-electron chi connectivity index (χ4n) is 14.7. The number of carbonyl (C=O) groups is 2. The molecule has 4 aliphatic heterocycles. The number of carbonyl (C=O) groups excluding carboxylic acids is 2. The Kier molecular flexibility index (Phi) is 13.5. The molecule has 5 fully saturated rings. The Morgan fingerprint density at radius 3 is 2.55 bits per heavy atom. The molecule has 9 heterocycles. The van der Waals surface area contributed by atoms with E-state index in [9.17, 15) is 14.4 Å². The summed E-state index contributed by atoms with van der Waals surface area (Å²) in [7, 11) is 0. The van der Waals surface area contributed by atoms with Crippen molar-refractivity contribution in [3.05, 3.63) is 117 Å². The Bertz CT molecular complexity index is 4210. The lowest BCUT2D eigenvalue weighted by molar-refractivity contribution is -0.142. The van der Waals surface area contributed by atoms with Gasteiger partial charge >= 0.3 is 6.01 Å². The molecule has 85 heavy (non-hydrogen) atoms. The van der Waals surface area contributed by atoms with Gasteiger partial charge in [-0.2, -0.15) is 25.3 Å². The molecule has 0 radical (unpaired) electrons. The van der Waals surface area contributed by atoms with Crippen molar-refractivity contribution in [2.75, 3.05) is 24.5 Å². The highest BCUT2D eigenvalue weighted by atomic mass is 19.1. The number of hydrogen-bond donors (Lipinski definition) is 5. The van der Waals surface area contributed by atoms with Crippen molar-refractivity contribution in [3.63, 3.8) is 0 Å². The van der Waals surface area contributed by atoms with Gasteiger partial charge in [0.1, 0.15) is 41.9 Å². The lowest BCUT2D eigenvalue weighted by Crippen LogP contribution is -2.49. The standard InChI is InChI=1S/C65H71FN14O5/c1-5-79-53(19-20-71-79)43-18-16-38(46-28-67-29-47(43)46)26-69-62(81)54-12-9-21-77(54)64(83)59(34(2)3)80-32-49-42-17-13-36(22-51(42)72-63(82)58(49)76-80)33-84-60-56(55-35(4)50(66)25-52-48(55)30-70-75-52)44(37-14-15-37)24-45-57(60)73-65(85-41-10-7-6-8-11-41)74-61(45)78-31-39-23-40(78)27-68-39/h13,16-20,22,24-25,30,32,34,37,39-41,54,59,67-68H,5-12,14-15,21,23,26-29,31,33H2,1-4H3,(H,69,81)(H,70,75)(H,72,82). The van der Waals surface area contributed by atoms with E-state index in [-0.39, 0.29) is 53.7 Å². The number of H-pyrrole nitrogens is 2. The molecule has 20 heteroatoms. The quantitative estimate of drug-likeness (QED) is 0.0610. The van der Waals surface area contributed by atoms with Gasteiger partial charge in [-0.1, -0.05) is 44.5 Å². The van der Waals surface area contributed by atoms with Crippen LogP contribution in [0.25, 0.3) is 66.0 Å². The maximum Gasteiger partial charge on any atom is 0.319 e. The summed E-state index contributed by atoms with van der Waals surface area (Å²) in [5.74, 6) is 0.591. The van der Waals surface area contributed by atoms with Gasteiger partial charge < -0.3 is 40.2 Å². The number of aromatic nitrogens is 9. The zero-order valence-corrected chi connectivity index (χ0v) is 48.6. The number of nitrogens with zero attached hydrogens (tertiary/aromatic N) is 9. The van der Waals surface area contributed by atoms with Crippen LogP contribution in [0.3, 0.4) is 0 Å².